The van der Waals surface area contributed by atoms with Gasteiger partial charge in [-0.25, -0.2) is 0 Å². The second-order valence-corrected chi connectivity index (χ2v) is 15.6. The molecule has 0 amide bonds. The van der Waals surface area contributed by atoms with E-state index >= 15 is 0 Å². The smallest absolute Gasteiger partial charge is 0.337 e. The molecule has 0 aromatic rings. The minimum atomic E-state index is -1.95. The van der Waals surface area contributed by atoms with Crippen LogP contribution in [0.15, 0.2) is 0 Å². The van der Waals surface area contributed by atoms with Gasteiger partial charge in [0.25, 0.3) is 0 Å². The molecule has 37 heavy (non-hydrogen) atoms. The lowest BCUT2D eigenvalue weighted by molar-refractivity contribution is 0.238. The van der Waals surface area contributed by atoms with Crippen molar-refractivity contribution in [3.05, 3.63) is 0 Å². The predicted molar refractivity (Wildman–Crippen MR) is 170 cm³/mol. The first-order valence-electron chi connectivity index (χ1n) is 17.3. The molecule has 0 bridgehead atoms. The van der Waals surface area contributed by atoms with Crippen molar-refractivity contribution >= 4 is 8.56 Å². The Kier molecular flexibility index (Phi) is 30.8. The topological polar surface area (TPSA) is 18.5 Å². The summed E-state index contributed by atoms with van der Waals surface area (Å²) < 4.78 is 12.1. The largest absolute Gasteiger partial charge is 0.398 e. The molecule has 0 fully saturated rings. The highest BCUT2D eigenvalue weighted by molar-refractivity contribution is 6.67. The third-order valence-corrected chi connectivity index (χ3v) is 12.3. The van der Waals surface area contributed by atoms with Gasteiger partial charge in [-0.15, -0.1) is 0 Å². The molecule has 0 saturated heterocycles. The monoisotopic (exact) mass is 541 g/mol. The summed E-state index contributed by atoms with van der Waals surface area (Å²) in [6, 6.07) is 2.38. The van der Waals surface area contributed by atoms with Crippen molar-refractivity contribution in [1.82, 2.24) is 0 Å². The normalized spacial score (nSPS) is 12.0. The summed E-state index contributed by atoms with van der Waals surface area (Å²) in [5, 5.41) is 0. The van der Waals surface area contributed by atoms with Crippen molar-refractivity contribution in [2.45, 2.75) is 206 Å². The Balaban J connectivity index is 3.54. The van der Waals surface area contributed by atoms with Gasteiger partial charge in [-0.3, -0.25) is 0 Å². The van der Waals surface area contributed by atoms with Gasteiger partial charge >= 0.3 is 8.56 Å². The minimum absolute atomic E-state index is 1.19. The zero-order chi connectivity index (χ0) is 27.1. The molecule has 0 N–H and O–H groups in total. The van der Waals surface area contributed by atoms with E-state index in [0.717, 1.165) is 0 Å². The van der Waals surface area contributed by atoms with Crippen molar-refractivity contribution in [2.75, 3.05) is 14.2 Å². The molecule has 0 unspecified atom stereocenters. The molecule has 0 atom stereocenters. The summed E-state index contributed by atoms with van der Waals surface area (Å²) in [6.07, 6.45) is 39.8. The summed E-state index contributed by atoms with van der Waals surface area (Å²) >= 11 is 0. The Hall–Kier alpha value is 0.137. The zero-order valence-corrected chi connectivity index (χ0v) is 27.5. The maximum absolute atomic E-state index is 6.03. The summed E-state index contributed by atoms with van der Waals surface area (Å²) in [5.74, 6) is 0. The Labute approximate surface area is 237 Å². The maximum Gasteiger partial charge on any atom is 0.337 e. The van der Waals surface area contributed by atoms with Crippen LogP contribution < -0.4 is 0 Å². The van der Waals surface area contributed by atoms with Gasteiger partial charge < -0.3 is 8.85 Å². The molecule has 0 rings (SSSR count). The van der Waals surface area contributed by atoms with Crippen LogP contribution in [0.3, 0.4) is 0 Å². The molecule has 0 aromatic heterocycles. The molecular formula is C34H72O2Si. The Bertz CT molecular complexity index is 411. The van der Waals surface area contributed by atoms with Crippen molar-refractivity contribution in [1.29, 1.82) is 0 Å². The van der Waals surface area contributed by atoms with E-state index in [1.807, 2.05) is 14.2 Å². The Morgan fingerprint density at radius 2 is 0.486 bits per heavy atom. The first-order valence-corrected chi connectivity index (χ1v) is 19.6. The molecule has 2 nitrogen and oxygen atoms in total. The number of hydrogen-bond donors (Lipinski definition) is 0. The molecule has 0 aliphatic heterocycles. The lowest BCUT2D eigenvalue weighted by Gasteiger charge is -2.27. The van der Waals surface area contributed by atoms with Gasteiger partial charge in [0, 0.05) is 14.2 Å². The highest BCUT2D eigenvalue weighted by Gasteiger charge is 2.33. The molecule has 0 saturated carbocycles. The van der Waals surface area contributed by atoms with Crippen LogP contribution in [0.1, 0.15) is 194 Å². The minimum Gasteiger partial charge on any atom is -0.398 e. The predicted octanol–water partition coefficient (Wildman–Crippen LogP) is 12.7. The Morgan fingerprint density at radius 1 is 0.297 bits per heavy atom. The van der Waals surface area contributed by atoms with Crippen molar-refractivity contribution in [3.8, 4) is 0 Å². The van der Waals surface area contributed by atoms with Crippen LogP contribution in [0.25, 0.3) is 0 Å². The highest BCUT2D eigenvalue weighted by atomic mass is 28.4. The van der Waals surface area contributed by atoms with Gasteiger partial charge in [0.15, 0.2) is 0 Å². The second-order valence-electron chi connectivity index (χ2n) is 12.0. The maximum atomic E-state index is 6.03. The molecular weight excluding hydrogens is 468 g/mol. The van der Waals surface area contributed by atoms with E-state index in [-0.39, 0.29) is 0 Å². The van der Waals surface area contributed by atoms with Gasteiger partial charge in [0.05, 0.1) is 0 Å². The lowest BCUT2D eigenvalue weighted by Crippen LogP contribution is -2.39. The molecule has 3 heteroatoms. The van der Waals surface area contributed by atoms with Gasteiger partial charge in [-0.1, -0.05) is 194 Å². The van der Waals surface area contributed by atoms with Gasteiger partial charge in [-0.05, 0) is 12.1 Å². The fourth-order valence-corrected chi connectivity index (χ4v) is 8.60. The molecule has 0 spiro atoms. The molecule has 0 heterocycles. The average molecular weight is 541 g/mol. The van der Waals surface area contributed by atoms with E-state index in [0.29, 0.717) is 0 Å². The molecule has 0 aliphatic carbocycles. The molecule has 0 aromatic carbocycles. The second kappa shape index (κ2) is 30.7. The third-order valence-electron chi connectivity index (χ3n) is 8.57. The van der Waals surface area contributed by atoms with Crippen molar-refractivity contribution in [3.63, 3.8) is 0 Å². The van der Waals surface area contributed by atoms with E-state index in [1.165, 1.54) is 192 Å². The summed E-state index contributed by atoms with van der Waals surface area (Å²) in [4.78, 5) is 0. The van der Waals surface area contributed by atoms with E-state index in [4.69, 9.17) is 8.85 Å². The van der Waals surface area contributed by atoms with Gasteiger partial charge in [0.2, 0.25) is 0 Å². The van der Waals surface area contributed by atoms with Crippen LogP contribution in [-0.2, 0) is 8.85 Å². The standard InChI is InChI=1S/C34H72O2Si/c1-5-7-9-11-13-15-17-19-20-22-24-26-28-30-32-34-37(35-3,36-4)33-31-29-27-25-23-21-18-16-14-12-10-8-6-2/h5-34H2,1-4H3. The van der Waals surface area contributed by atoms with E-state index < -0.39 is 8.56 Å². The number of unbranched alkanes of at least 4 members (excludes halogenated alkanes) is 26. The SMILES string of the molecule is CCCCCCCCCCCCCCCCC[Si](CCCCCCCCCCCCCCC)(OC)OC. The zero-order valence-electron chi connectivity index (χ0n) is 26.5. The van der Waals surface area contributed by atoms with Crippen LogP contribution in [0.5, 0.6) is 0 Å². The average Bonchev–Trinajstić information content (AvgIpc) is 2.92. The van der Waals surface area contributed by atoms with E-state index in [9.17, 15) is 0 Å². The molecule has 0 aliphatic rings. The first-order chi connectivity index (χ1) is 18.2. The summed E-state index contributed by atoms with van der Waals surface area (Å²) in [6.45, 7) is 4.60. The van der Waals surface area contributed by atoms with Crippen molar-refractivity contribution < 1.29 is 8.85 Å². The lowest BCUT2D eigenvalue weighted by atomic mass is 10.0. The fraction of sp³-hybridized carbons (Fsp3) is 1.00. The third kappa shape index (κ3) is 26.1. The van der Waals surface area contributed by atoms with Crippen LogP contribution in [0.4, 0.5) is 0 Å². The number of rotatable bonds is 32. The van der Waals surface area contributed by atoms with Gasteiger partial charge in [-0.2, -0.15) is 0 Å². The van der Waals surface area contributed by atoms with Crippen LogP contribution >= 0.6 is 0 Å². The summed E-state index contributed by atoms with van der Waals surface area (Å²) in [5.41, 5.74) is 0. The van der Waals surface area contributed by atoms with Crippen LogP contribution in [0, 0.1) is 0 Å². The quantitative estimate of drug-likeness (QED) is 0.0623. The number of hydrogen-bond acceptors (Lipinski definition) is 2. The van der Waals surface area contributed by atoms with E-state index in [1.54, 1.807) is 0 Å². The molecule has 0 radical (unpaired) electrons. The van der Waals surface area contributed by atoms with E-state index in [2.05, 4.69) is 13.8 Å². The van der Waals surface area contributed by atoms with Crippen LogP contribution in [0.2, 0.25) is 12.1 Å². The molecule has 224 valence electrons. The fourth-order valence-electron chi connectivity index (χ4n) is 5.79. The van der Waals surface area contributed by atoms with Crippen LogP contribution in [-0.4, -0.2) is 22.8 Å². The van der Waals surface area contributed by atoms with Crippen molar-refractivity contribution in [2.24, 2.45) is 0 Å². The first kappa shape index (κ1) is 37.1. The Morgan fingerprint density at radius 3 is 0.676 bits per heavy atom. The highest BCUT2D eigenvalue weighted by Crippen LogP contribution is 2.25. The van der Waals surface area contributed by atoms with Gasteiger partial charge in [0.1, 0.15) is 0 Å². The summed E-state index contributed by atoms with van der Waals surface area (Å²) in [7, 11) is 1.86.